The maximum absolute atomic E-state index is 11.7. The van der Waals surface area contributed by atoms with E-state index in [1.54, 1.807) is 11.2 Å². The van der Waals surface area contributed by atoms with Crippen molar-refractivity contribution in [2.24, 2.45) is 4.99 Å². The molecule has 0 spiro atoms. The normalized spacial score (nSPS) is 17.8. The van der Waals surface area contributed by atoms with Crippen molar-refractivity contribution in [3.8, 4) is 0 Å². The van der Waals surface area contributed by atoms with Crippen molar-refractivity contribution in [2.45, 2.75) is 51.1 Å². The van der Waals surface area contributed by atoms with Gasteiger partial charge in [0.2, 0.25) is 0 Å². The van der Waals surface area contributed by atoms with Gasteiger partial charge in [0.25, 0.3) is 0 Å². The summed E-state index contributed by atoms with van der Waals surface area (Å²) in [4.78, 5) is 18.2. The Morgan fingerprint density at radius 2 is 1.97 bits per heavy atom. The predicted octanol–water partition coefficient (Wildman–Crippen LogP) is 3.85. The number of ether oxygens (including phenoxy) is 1. The molecule has 7 nitrogen and oxygen atoms in total. The van der Waals surface area contributed by atoms with Gasteiger partial charge in [-0.3, -0.25) is 4.90 Å². The molecule has 0 bridgehead atoms. The molecule has 7 heteroatoms. The molecule has 0 radical (unpaired) electrons. The second kappa shape index (κ2) is 10.2. The van der Waals surface area contributed by atoms with Crippen LogP contribution in [0.1, 0.15) is 43.4 Å². The van der Waals surface area contributed by atoms with Crippen molar-refractivity contribution < 1.29 is 13.9 Å². The highest BCUT2D eigenvalue weighted by atomic mass is 16.6. The zero-order chi connectivity index (χ0) is 20.6. The van der Waals surface area contributed by atoms with Gasteiger partial charge in [-0.1, -0.05) is 31.4 Å². The summed E-state index contributed by atoms with van der Waals surface area (Å²) in [6.07, 6.45) is 8.51. The van der Waals surface area contributed by atoms with Gasteiger partial charge in [-0.2, -0.15) is 0 Å². The summed E-state index contributed by atoms with van der Waals surface area (Å²) in [5.41, 5.74) is 1.96. The van der Waals surface area contributed by atoms with Gasteiger partial charge >= 0.3 is 6.09 Å². The highest BCUT2D eigenvalue weighted by molar-refractivity contribution is 5.89. The van der Waals surface area contributed by atoms with E-state index >= 15 is 0 Å². The molecule has 0 atom stereocenters. The minimum Gasteiger partial charge on any atom is -0.469 e. The van der Waals surface area contributed by atoms with E-state index in [1.165, 1.54) is 32.1 Å². The topological polar surface area (TPSA) is 79.1 Å². The Morgan fingerprint density at radius 3 is 2.67 bits per heavy atom. The summed E-state index contributed by atoms with van der Waals surface area (Å²) < 4.78 is 10.4. The molecule has 1 aromatic carbocycles. The molecule has 2 heterocycles. The third-order valence-corrected chi connectivity index (χ3v) is 5.62. The molecule has 2 fully saturated rings. The number of furan rings is 1. The molecule has 2 aromatic rings. The average Bonchev–Trinajstić information content (AvgIpc) is 3.45. The third-order valence-electron chi connectivity index (χ3n) is 5.62. The molecule has 2 aliphatic rings. The summed E-state index contributed by atoms with van der Waals surface area (Å²) in [6, 6.07) is 12.3. The van der Waals surface area contributed by atoms with Crippen LogP contribution in [0.2, 0.25) is 0 Å². The second-order valence-corrected chi connectivity index (χ2v) is 7.83. The van der Waals surface area contributed by atoms with Crippen LogP contribution in [-0.2, 0) is 17.7 Å². The largest absolute Gasteiger partial charge is 0.469 e. The van der Waals surface area contributed by atoms with Crippen LogP contribution < -0.4 is 15.5 Å². The van der Waals surface area contributed by atoms with E-state index in [9.17, 15) is 4.79 Å². The maximum Gasteiger partial charge on any atom is 0.414 e. The molecule has 1 aromatic heterocycles. The van der Waals surface area contributed by atoms with Crippen LogP contribution in [0, 0.1) is 0 Å². The lowest BCUT2D eigenvalue weighted by Crippen LogP contribution is -2.44. The summed E-state index contributed by atoms with van der Waals surface area (Å²) in [6.45, 7) is 2.39. The lowest BCUT2D eigenvalue weighted by atomic mass is 9.96. The van der Waals surface area contributed by atoms with Gasteiger partial charge in [0.05, 0.1) is 19.4 Å². The van der Waals surface area contributed by atoms with Gasteiger partial charge in [0, 0.05) is 24.7 Å². The Hall–Kier alpha value is -2.96. The molecular weight excluding hydrogens is 380 g/mol. The number of guanidine groups is 1. The molecule has 1 saturated carbocycles. The van der Waals surface area contributed by atoms with Crippen molar-refractivity contribution in [3.63, 3.8) is 0 Å². The van der Waals surface area contributed by atoms with Crippen molar-refractivity contribution >= 4 is 17.7 Å². The first-order chi connectivity index (χ1) is 14.8. The van der Waals surface area contributed by atoms with Crippen LogP contribution in [0.5, 0.6) is 0 Å². The number of benzene rings is 1. The summed E-state index contributed by atoms with van der Waals surface area (Å²) >= 11 is 0. The van der Waals surface area contributed by atoms with Crippen molar-refractivity contribution in [3.05, 3.63) is 54.0 Å². The number of carbonyl (C=O) groups excluding carboxylic acids is 1. The van der Waals surface area contributed by atoms with Crippen molar-refractivity contribution in [1.29, 1.82) is 0 Å². The van der Waals surface area contributed by atoms with Crippen molar-refractivity contribution in [2.75, 3.05) is 24.6 Å². The lowest BCUT2D eigenvalue weighted by molar-refractivity contribution is 0.181. The van der Waals surface area contributed by atoms with E-state index < -0.39 is 0 Å². The van der Waals surface area contributed by atoms with Gasteiger partial charge < -0.3 is 19.8 Å². The van der Waals surface area contributed by atoms with Gasteiger partial charge in [-0.15, -0.1) is 0 Å². The number of cyclic esters (lactones) is 1. The molecule has 1 saturated heterocycles. The molecule has 1 aliphatic heterocycles. The SMILES string of the molecule is O=C1OCCN1c1ccc(CN=C(NCCc2ccco2)NC2CCCCC2)cc1. The quantitative estimate of drug-likeness (QED) is 0.535. The zero-order valence-corrected chi connectivity index (χ0v) is 17.3. The fraction of sp³-hybridized carbons (Fsp3) is 0.478. The van der Waals surface area contributed by atoms with E-state index in [4.69, 9.17) is 14.1 Å². The van der Waals surface area contributed by atoms with Crippen LogP contribution in [0.4, 0.5) is 10.5 Å². The Kier molecular flexibility index (Phi) is 6.90. The molecule has 1 aliphatic carbocycles. The van der Waals surface area contributed by atoms with E-state index in [-0.39, 0.29) is 6.09 Å². The highest BCUT2D eigenvalue weighted by Gasteiger charge is 2.23. The van der Waals surface area contributed by atoms with Crippen LogP contribution in [0.25, 0.3) is 0 Å². The maximum atomic E-state index is 11.7. The Morgan fingerprint density at radius 1 is 1.13 bits per heavy atom. The van der Waals surface area contributed by atoms with Crippen LogP contribution in [0.15, 0.2) is 52.1 Å². The number of nitrogens with zero attached hydrogens (tertiary/aromatic N) is 2. The minimum absolute atomic E-state index is 0.277. The molecular formula is C23H30N4O3. The number of carbonyl (C=O) groups is 1. The number of amides is 1. The molecule has 4 rings (SSSR count). The van der Waals surface area contributed by atoms with E-state index in [1.807, 2.05) is 36.4 Å². The average molecular weight is 411 g/mol. The fourth-order valence-corrected chi connectivity index (χ4v) is 3.93. The standard InChI is InChI=1S/C23H30N4O3/c28-23-27(14-16-30-23)20-10-8-18(9-11-20)17-25-22(26-19-5-2-1-3-6-19)24-13-12-21-7-4-15-29-21/h4,7-11,15,19H,1-3,5-6,12-14,16-17H2,(H2,24,25,26). The molecule has 160 valence electrons. The Labute approximate surface area is 177 Å². The molecule has 2 N–H and O–H groups in total. The summed E-state index contributed by atoms with van der Waals surface area (Å²) in [7, 11) is 0. The Bertz CT molecular complexity index is 827. The number of aliphatic imine (C=N–C) groups is 1. The Balaban J connectivity index is 1.36. The molecule has 0 unspecified atom stereocenters. The first-order valence-electron chi connectivity index (χ1n) is 10.9. The van der Waals surface area contributed by atoms with E-state index in [2.05, 4.69) is 10.6 Å². The van der Waals surface area contributed by atoms with Gasteiger partial charge in [-0.25, -0.2) is 9.79 Å². The number of hydrogen-bond acceptors (Lipinski definition) is 4. The van der Waals surface area contributed by atoms with Crippen molar-refractivity contribution in [1.82, 2.24) is 10.6 Å². The number of anilines is 1. The number of rotatable bonds is 7. The van der Waals surface area contributed by atoms with E-state index in [0.717, 1.165) is 35.9 Å². The molecule has 1 amide bonds. The van der Waals surface area contributed by atoms with Crippen LogP contribution >= 0.6 is 0 Å². The van der Waals surface area contributed by atoms with Gasteiger partial charge in [0.15, 0.2) is 5.96 Å². The summed E-state index contributed by atoms with van der Waals surface area (Å²) in [5.74, 6) is 1.82. The smallest absolute Gasteiger partial charge is 0.414 e. The van der Waals surface area contributed by atoms with Gasteiger partial charge in [-0.05, 0) is 42.7 Å². The number of nitrogens with one attached hydrogen (secondary N) is 2. The van der Waals surface area contributed by atoms with Crippen LogP contribution in [-0.4, -0.2) is 37.8 Å². The minimum atomic E-state index is -0.277. The highest BCUT2D eigenvalue weighted by Crippen LogP contribution is 2.20. The second-order valence-electron chi connectivity index (χ2n) is 7.83. The lowest BCUT2D eigenvalue weighted by Gasteiger charge is -2.25. The fourth-order valence-electron chi connectivity index (χ4n) is 3.93. The third kappa shape index (κ3) is 5.55. The summed E-state index contributed by atoms with van der Waals surface area (Å²) in [5, 5.41) is 7.05. The van der Waals surface area contributed by atoms with E-state index in [0.29, 0.717) is 25.7 Å². The molecule has 30 heavy (non-hydrogen) atoms. The zero-order valence-electron chi connectivity index (χ0n) is 17.3. The van der Waals surface area contributed by atoms with Gasteiger partial charge in [0.1, 0.15) is 12.4 Å². The predicted molar refractivity (Wildman–Crippen MR) is 117 cm³/mol. The number of hydrogen-bond donors (Lipinski definition) is 2. The first-order valence-corrected chi connectivity index (χ1v) is 10.9. The van der Waals surface area contributed by atoms with Crippen LogP contribution in [0.3, 0.4) is 0 Å². The monoisotopic (exact) mass is 410 g/mol. The first kappa shape index (κ1) is 20.3.